The van der Waals surface area contributed by atoms with Crippen molar-refractivity contribution in [2.45, 2.75) is 66.0 Å². The zero-order valence-electron chi connectivity index (χ0n) is 23.8. The summed E-state index contributed by atoms with van der Waals surface area (Å²) in [6, 6.07) is 7.42. The van der Waals surface area contributed by atoms with Crippen LogP contribution < -0.4 is 10.2 Å². The van der Waals surface area contributed by atoms with Crippen LogP contribution in [0.15, 0.2) is 28.8 Å². The third-order valence-corrected chi connectivity index (χ3v) is 8.03. The van der Waals surface area contributed by atoms with E-state index in [1.165, 1.54) is 5.56 Å². The number of piperazine rings is 1. The highest BCUT2D eigenvalue weighted by Gasteiger charge is 2.35. The molecule has 3 aromatic rings. The molecule has 0 spiro atoms. The predicted octanol–water partition coefficient (Wildman–Crippen LogP) is 4.09. The molecule has 2 saturated heterocycles. The van der Waals surface area contributed by atoms with Gasteiger partial charge in [-0.15, -0.1) is 5.10 Å². The van der Waals surface area contributed by atoms with Crippen LogP contribution >= 0.6 is 0 Å². The molecule has 10 heteroatoms. The highest BCUT2D eigenvalue weighted by Crippen LogP contribution is 2.28. The van der Waals surface area contributed by atoms with E-state index in [-0.39, 0.29) is 5.91 Å². The number of aryl methyl sites for hydroxylation is 3. The Morgan fingerprint density at radius 3 is 2.56 bits per heavy atom. The average Bonchev–Trinajstić information content (AvgIpc) is 3.41. The van der Waals surface area contributed by atoms with Crippen molar-refractivity contribution in [1.82, 2.24) is 30.0 Å². The van der Waals surface area contributed by atoms with Gasteiger partial charge in [-0.2, -0.15) is 0 Å². The van der Waals surface area contributed by atoms with Gasteiger partial charge in [0.2, 0.25) is 0 Å². The Morgan fingerprint density at radius 2 is 1.87 bits per heavy atom. The molecular weight excluding hydrogens is 492 g/mol. The molecule has 2 fully saturated rings. The van der Waals surface area contributed by atoms with E-state index >= 15 is 0 Å². The monoisotopic (exact) mass is 532 g/mol. The van der Waals surface area contributed by atoms with Gasteiger partial charge >= 0.3 is 6.01 Å². The summed E-state index contributed by atoms with van der Waals surface area (Å²) in [6.45, 7) is 15.4. The van der Waals surface area contributed by atoms with Crippen LogP contribution in [-0.4, -0.2) is 87.2 Å². The van der Waals surface area contributed by atoms with Crippen molar-refractivity contribution in [1.29, 1.82) is 0 Å². The molecule has 0 radical (unpaired) electrons. The van der Waals surface area contributed by atoms with E-state index < -0.39 is 0 Å². The average molecular weight is 533 g/mol. The van der Waals surface area contributed by atoms with Gasteiger partial charge in [-0.05, 0) is 58.6 Å². The number of hydrogen-bond donors (Lipinski definition) is 1. The minimum absolute atomic E-state index is 0.165. The lowest BCUT2D eigenvalue weighted by molar-refractivity contribution is 0.0490. The number of aromatic nitrogens is 4. The molecule has 1 aromatic carbocycles. The maximum absolute atomic E-state index is 13.2. The Bertz CT molecular complexity index is 1300. The number of hydrogen-bond acceptors (Lipinski definition) is 9. The van der Waals surface area contributed by atoms with Crippen molar-refractivity contribution < 1.29 is 9.21 Å². The summed E-state index contributed by atoms with van der Waals surface area (Å²) in [5.41, 5.74) is 4.53. The van der Waals surface area contributed by atoms with Crippen LogP contribution in [0.25, 0.3) is 11.6 Å². The first kappa shape index (κ1) is 27.1. The third-order valence-electron chi connectivity index (χ3n) is 8.03. The Morgan fingerprint density at radius 1 is 1.08 bits per heavy atom. The van der Waals surface area contributed by atoms with Gasteiger partial charge in [-0.3, -0.25) is 9.69 Å². The summed E-state index contributed by atoms with van der Waals surface area (Å²) in [6.07, 6.45) is 4.82. The first-order valence-corrected chi connectivity index (χ1v) is 14.2. The summed E-state index contributed by atoms with van der Waals surface area (Å²) < 4.78 is 5.64. The van der Waals surface area contributed by atoms with E-state index in [9.17, 15) is 4.79 Å². The van der Waals surface area contributed by atoms with Crippen LogP contribution in [0.4, 0.5) is 11.8 Å². The number of rotatable bonds is 7. The molecular formula is C29H40N8O2. The van der Waals surface area contributed by atoms with E-state index in [2.05, 4.69) is 45.2 Å². The number of nitrogens with one attached hydrogen (secondary N) is 1. The van der Waals surface area contributed by atoms with E-state index in [4.69, 9.17) is 14.4 Å². The summed E-state index contributed by atoms with van der Waals surface area (Å²) in [5.74, 6) is 1.45. The fraction of sp³-hybridized carbons (Fsp3) is 0.552. The molecule has 2 aliphatic rings. The lowest BCUT2D eigenvalue weighted by atomic mass is 9.97. The Balaban J connectivity index is 1.20. The molecule has 1 atom stereocenters. The van der Waals surface area contributed by atoms with Crippen molar-refractivity contribution in [3.05, 3.63) is 46.8 Å². The number of likely N-dealkylation sites (tertiary alicyclic amines) is 1. The van der Waals surface area contributed by atoms with Gasteiger partial charge in [-0.1, -0.05) is 29.7 Å². The number of anilines is 2. The second kappa shape index (κ2) is 11.7. The minimum Gasteiger partial charge on any atom is -0.402 e. The topological polar surface area (TPSA) is 104 Å². The summed E-state index contributed by atoms with van der Waals surface area (Å²) in [4.78, 5) is 29.8. The molecule has 0 bridgehead atoms. The summed E-state index contributed by atoms with van der Waals surface area (Å²) in [5, 5.41) is 11.1. The lowest BCUT2D eigenvalue weighted by Gasteiger charge is -2.47. The van der Waals surface area contributed by atoms with E-state index in [0.29, 0.717) is 36.2 Å². The van der Waals surface area contributed by atoms with Gasteiger partial charge in [0.1, 0.15) is 11.5 Å². The van der Waals surface area contributed by atoms with Crippen LogP contribution in [0.3, 0.4) is 0 Å². The first-order valence-electron chi connectivity index (χ1n) is 14.2. The minimum atomic E-state index is 0.165. The molecule has 2 aromatic heterocycles. The summed E-state index contributed by atoms with van der Waals surface area (Å²) >= 11 is 0. The van der Waals surface area contributed by atoms with Gasteiger partial charge in [0.05, 0.1) is 11.9 Å². The zero-order chi connectivity index (χ0) is 27.5. The second-order valence-corrected chi connectivity index (χ2v) is 10.7. The molecule has 1 amide bonds. The number of carbonyl (C=O) groups is 1. The van der Waals surface area contributed by atoms with Gasteiger partial charge in [0, 0.05) is 56.9 Å². The molecule has 2 aliphatic heterocycles. The Labute approximate surface area is 230 Å². The highest BCUT2D eigenvalue weighted by atomic mass is 16.4. The maximum atomic E-state index is 13.2. The van der Waals surface area contributed by atoms with E-state index in [0.717, 1.165) is 74.6 Å². The van der Waals surface area contributed by atoms with E-state index in [1.807, 2.05) is 37.8 Å². The molecule has 10 nitrogen and oxygen atoms in total. The molecule has 1 N–H and O–H groups in total. The number of piperidine rings is 1. The van der Waals surface area contributed by atoms with E-state index in [1.54, 1.807) is 6.20 Å². The second-order valence-electron chi connectivity index (χ2n) is 10.7. The molecule has 208 valence electrons. The first-order chi connectivity index (χ1) is 18.9. The number of nitrogens with zero attached hydrogens (tertiary/aromatic N) is 7. The fourth-order valence-electron chi connectivity index (χ4n) is 5.97. The molecule has 0 aliphatic carbocycles. The van der Waals surface area contributed by atoms with Gasteiger partial charge < -0.3 is 19.5 Å². The smallest absolute Gasteiger partial charge is 0.315 e. The van der Waals surface area contributed by atoms with Gasteiger partial charge in [0.15, 0.2) is 0 Å². The highest BCUT2D eigenvalue weighted by molar-refractivity contribution is 5.95. The number of benzene rings is 1. The van der Waals surface area contributed by atoms with Crippen LogP contribution in [-0.2, 0) is 0 Å². The standard InChI is InChI=1S/C29H40N8O2/c1-6-22-18-36(26-21(5)32-25(17-31-26)27-33-34-29(39-27)30-7-2)14-15-37(22)23-10-12-35(13-11-23)28(38)24-9-8-19(3)16-20(24)4/h8-9,16-17,22-23H,6-7,10-15,18H2,1-5H3,(H,30,34)/t22-/m0/s1. The molecule has 5 rings (SSSR count). The van der Waals surface area contributed by atoms with Crippen molar-refractivity contribution >= 4 is 17.7 Å². The Hall–Kier alpha value is -3.53. The predicted molar refractivity (Wildman–Crippen MR) is 152 cm³/mol. The van der Waals surface area contributed by atoms with Crippen LogP contribution in [0, 0.1) is 20.8 Å². The van der Waals surface area contributed by atoms with Crippen LogP contribution in [0.1, 0.15) is 60.3 Å². The number of amides is 1. The van der Waals surface area contributed by atoms with Crippen LogP contribution in [0.2, 0.25) is 0 Å². The zero-order valence-corrected chi connectivity index (χ0v) is 23.8. The Kier molecular flexibility index (Phi) is 8.11. The normalized spacial score (nSPS) is 18.9. The third kappa shape index (κ3) is 5.75. The van der Waals surface area contributed by atoms with Crippen molar-refractivity contribution in [2.24, 2.45) is 0 Å². The van der Waals surface area contributed by atoms with Gasteiger partial charge in [-0.25, -0.2) is 9.97 Å². The van der Waals surface area contributed by atoms with Crippen molar-refractivity contribution in [3.63, 3.8) is 0 Å². The molecule has 0 unspecified atom stereocenters. The van der Waals surface area contributed by atoms with Gasteiger partial charge in [0.25, 0.3) is 11.8 Å². The lowest BCUT2D eigenvalue weighted by Crippen LogP contribution is -2.59. The molecule has 0 saturated carbocycles. The quantitative estimate of drug-likeness (QED) is 0.482. The SMILES string of the molecule is CCNc1nnc(-c2cnc(N3CCN(C4CCN(C(=O)c5ccc(C)cc5C)CC4)[C@@H](CC)C3)c(C)n2)o1. The largest absolute Gasteiger partial charge is 0.402 e. The maximum Gasteiger partial charge on any atom is 0.315 e. The fourth-order valence-corrected chi connectivity index (χ4v) is 5.97. The summed E-state index contributed by atoms with van der Waals surface area (Å²) in [7, 11) is 0. The van der Waals surface area contributed by atoms with Crippen LogP contribution in [0.5, 0.6) is 0 Å². The molecule has 4 heterocycles. The van der Waals surface area contributed by atoms with Crippen molar-refractivity contribution in [2.75, 3.05) is 49.5 Å². The molecule has 39 heavy (non-hydrogen) atoms. The van der Waals surface area contributed by atoms with Crippen molar-refractivity contribution in [3.8, 4) is 11.6 Å². The number of carbonyl (C=O) groups excluding carboxylic acids is 1.